The molecule has 0 saturated heterocycles. The van der Waals surface area contributed by atoms with E-state index in [1.807, 2.05) is 12.4 Å². The van der Waals surface area contributed by atoms with Crippen LogP contribution in [0, 0.1) is 0 Å². The second-order valence-electron chi connectivity index (χ2n) is 4.61. The van der Waals surface area contributed by atoms with Gasteiger partial charge in [-0.1, -0.05) is 38.6 Å². The summed E-state index contributed by atoms with van der Waals surface area (Å²) in [5.74, 6) is 0.518. The SMILES string of the molecule is C=Cn1cc(CNc2ccccc2C(C)C)cn1. The Morgan fingerprint density at radius 2 is 2.17 bits per heavy atom. The van der Waals surface area contributed by atoms with Gasteiger partial charge in [0.2, 0.25) is 0 Å². The predicted molar refractivity (Wildman–Crippen MR) is 76.5 cm³/mol. The van der Waals surface area contributed by atoms with E-state index >= 15 is 0 Å². The van der Waals surface area contributed by atoms with Gasteiger partial charge in [0.05, 0.1) is 6.20 Å². The third-order valence-corrected chi connectivity index (χ3v) is 2.91. The summed E-state index contributed by atoms with van der Waals surface area (Å²) in [6, 6.07) is 8.42. The van der Waals surface area contributed by atoms with Crippen LogP contribution in [0.4, 0.5) is 5.69 Å². The maximum absolute atomic E-state index is 4.16. The van der Waals surface area contributed by atoms with E-state index in [0.29, 0.717) is 5.92 Å². The summed E-state index contributed by atoms with van der Waals surface area (Å²) in [5, 5.41) is 7.62. The highest BCUT2D eigenvalue weighted by molar-refractivity contribution is 5.52. The molecule has 2 aromatic rings. The van der Waals surface area contributed by atoms with Crippen molar-refractivity contribution < 1.29 is 0 Å². The monoisotopic (exact) mass is 241 g/mol. The van der Waals surface area contributed by atoms with Gasteiger partial charge in [-0.3, -0.25) is 0 Å². The molecule has 0 atom stereocenters. The maximum atomic E-state index is 4.16. The molecule has 1 aromatic carbocycles. The fourth-order valence-electron chi connectivity index (χ4n) is 1.93. The number of rotatable bonds is 5. The van der Waals surface area contributed by atoms with Gasteiger partial charge in [0, 0.05) is 30.2 Å². The van der Waals surface area contributed by atoms with Crippen LogP contribution < -0.4 is 5.32 Å². The fourth-order valence-corrected chi connectivity index (χ4v) is 1.93. The van der Waals surface area contributed by atoms with Crippen LogP contribution in [0.3, 0.4) is 0 Å². The number of nitrogens with one attached hydrogen (secondary N) is 1. The van der Waals surface area contributed by atoms with Crippen molar-refractivity contribution in [1.82, 2.24) is 9.78 Å². The molecule has 94 valence electrons. The van der Waals surface area contributed by atoms with Gasteiger partial charge in [-0.05, 0) is 17.5 Å². The van der Waals surface area contributed by atoms with Crippen molar-refractivity contribution in [2.75, 3.05) is 5.32 Å². The van der Waals surface area contributed by atoms with Crippen molar-refractivity contribution in [2.24, 2.45) is 0 Å². The van der Waals surface area contributed by atoms with Gasteiger partial charge in [0.25, 0.3) is 0 Å². The zero-order valence-corrected chi connectivity index (χ0v) is 10.9. The first kappa shape index (κ1) is 12.4. The zero-order valence-electron chi connectivity index (χ0n) is 10.9. The molecular formula is C15H19N3. The summed E-state index contributed by atoms with van der Waals surface area (Å²) in [4.78, 5) is 0. The summed E-state index contributed by atoms with van der Waals surface area (Å²) < 4.78 is 1.71. The van der Waals surface area contributed by atoms with Gasteiger partial charge in [0.15, 0.2) is 0 Å². The van der Waals surface area contributed by atoms with Crippen LogP contribution in [0.5, 0.6) is 0 Å². The molecule has 0 aliphatic carbocycles. The first-order valence-electron chi connectivity index (χ1n) is 6.19. The minimum Gasteiger partial charge on any atom is -0.381 e. The van der Waals surface area contributed by atoms with Crippen molar-refractivity contribution in [2.45, 2.75) is 26.3 Å². The number of anilines is 1. The molecule has 3 nitrogen and oxygen atoms in total. The molecular weight excluding hydrogens is 222 g/mol. The van der Waals surface area contributed by atoms with E-state index in [2.05, 4.69) is 55.1 Å². The predicted octanol–water partition coefficient (Wildman–Crippen LogP) is 3.72. The number of nitrogens with zero attached hydrogens (tertiary/aromatic N) is 2. The van der Waals surface area contributed by atoms with E-state index in [9.17, 15) is 0 Å². The molecule has 3 heteroatoms. The van der Waals surface area contributed by atoms with Crippen molar-refractivity contribution in [3.63, 3.8) is 0 Å². The van der Waals surface area contributed by atoms with Crippen LogP contribution in [-0.4, -0.2) is 9.78 Å². The molecule has 0 aliphatic rings. The molecule has 0 radical (unpaired) electrons. The van der Waals surface area contributed by atoms with Gasteiger partial charge in [-0.2, -0.15) is 5.10 Å². The molecule has 1 N–H and O–H groups in total. The van der Waals surface area contributed by atoms with Crippen LogP contribution >= 0.6 is 0 Å². The Balaban J connectivity index is 2.08. The number of benzene rings is 1. The van der Waals surface area contributed by atoms with E-state index in [1.54, 1.807) is 10.9 Å². The molecule has 1 aromatic heterocycles. The largest absolute Gasteiger partial charge is 0.381 e. The van der Waals surface area contributed by atoms with Crippen molar-refractivity contribution in [1.29, 1.82) is 0 Å². The summed E-state index contributed by atoms with van der Waals surface area (Å²) >= 11 is 0. The van der Waals surface area contributed by atoms with E-state index in [4.69, 9.17) is 0 Å². The average molecular weight is 241 g/mol. The van der Waals surface area contributed by atoms with Crippen molar-refractivity contribution >= 4 is 11.9 Å². The molecule has 0 fully saturated rings. The summed E-state index contributed by atoms with van der Waals surface area (Å²) in [6.07, 6.45) is 5.51. The molecule has 0 amide bonds. The quantitative estimate of drug-likeness (QED) is 0.864. The number of hydrogen-bond acceptors (Lipinski definition) is 2. The topological polar surface area (TPSA) is 29.9 Å². The lowest BCUT2D eigenvalue weighted by molar-refractivity contribution is 0.865. The van der Waals surface area contributed by atoms with Gasteiger partial charge in [-0.15, -0.1) is 0 Å². The third kappa shape index (κ3) is 2.80. The first-order valence-corrected chi connectivity index (χ1v) is 6.19. The number of hydrogen-bond donors (Lipinski definition) is 1. The highest BCUT2D eigenvalue weighted by Crippen LogP contribution is 2.24. The standard InChI is InChI=1S/C15H19N3/c1-4-18-11-13(10-17-18)9-16-15-8-6-5-7-14(15)12(2)3/h4-8,10-12,16H,1,9H2,2-3H3. The molecule has 0 bridgehead atoms. The summed E-state index contributed by atoms with van der Waals surface area (Å²) in [6.45, 7) is 8.86. The summed E-state index contributed by atoms with van der Waals surface area (Å²) in [7, 11) is 0. The Morgan fingerprint density at radius 1 is 1.39 bits per heavy atom. The Morgan fingerprint density at radius 3 is 2.83 bits per heavy atom. The zero-order chi connectivity index (χ0) is 13.0. The van der Waals surface area contributed by atoms with Gasteiger partial charge in [0.1, 0.15) is 0 Å². The van der Waals surface area contributed by atoms with E-state index in [-0.39, 0.29) is 0 Å². The molecule has 0 aliphatic heterocycles. The average Bonchev–Trinajstić information content (AvgIpc) is 2.84. The Hall–Kier alpha value is -2.03. The molecule has 0 saturated carbocycles. The van der Waals surface area contributed by atoms with E-state index in [0.717, 1.165) is 12.1 Å². The molecule has 2 rings (SSSR count). The molecule has 0 unspecified atom stereocenters. The fraction of sp³-hybridized carbons (Fsp3) is 0.267. The van der Waals surface area contributed by atoms with Crippen LogP contribution in [0.15, 0.2) is 43.2 Å². The van der Waals surface area contributed by atoms with Crippen molar-refractivity contribution in [3.8, 4) is 0 Å². The highest BCUT2D eigenvalue weighted by atomic mass is 15.2. The molecule has 1 heterocycles. The smallest absolute Gasteiger partial charge is 0.0543 e. The van der Waals surface area contributed by atoms with E-state index in [1.165, 1.54) is 11.3 Å². The maximum Gasteiger partial charge on any atom is 0.0543 e. The van der Waals surface area contributed by atoms with Crippen LogP contribution in [0.2, 0.25) is 0 Å². The van der Waals surface area contributed by atoms with Crippen LogP contribution in [-0.2, 0) is 6.54 Å². The first-order chi connectivity index (χ1) is 8.70. The van der Waals surface area contributed by atoms with Crippen molar-refractivity contribution in [3.05, 3.63) is 54.4 Å². The normalized spacial score (nSPS) is 10.6. The Bertz CT molecular complexity index is 526. The summed E-state index contributed by atoms with van der Waals surface area (Å²) in [5.41, 5.74) is 3.68. The third-order valence-electron chi connectivity index (χ3n) is 2.91. The number of aromatic nitrogens is 2. The lowest BCUT2D eigenvalue weighted by Crippen LogP contribution is -2.02. The Kier molecular flexibility index (Phi) is 3.82. The second kappa shape index (κ2) is 5.54. The highest BCUT2D eigenvalue weighted by Gasteiger charge is 2.05. The van der Waals surface area contributed by atoms with Gasteiger partial charge < -0.3 is 5.32 Å². The van der Waals surface area contributed by atoms with Crippen LogP contribution in [0.25, 0.3) is 6.20 Å². The second-order valence-corrected chi connectivity index (χ2v) is 4.61. The minimum atomic E-state index is 0.518. The molecule has 18 heavy (non-hydrogen) atoms. The van der Waals surface area contributed by atoms with E-state index < -0.39 is 0 Å². The minimum absolute atomic E-state index is 0.518. The lowest BCUT2D eigenvalue weighted by Gasteiger charge is -2.13. The Labute approximate surface area is 108 Å². The van der Waals surface area contributed by atoms with Gasteiger partial charge >= 0.3 is 0 Å². The van der Waals surface area contributed by atoms with Crippen LogP contribution in [0.1, 0.15) is 30.9 Å². The molecule has 0 spiro atoms. The van der Waals surface area contributed by atoms with Gasteiger partial charge in [-0.25, -0.2) is 4.68 Å². The lowest BCUT2D eigenvalue weighted by atomic mass is 10.0. The number of para-hydroxylation sites is 1.